The molecule has 1 aromatic carbocycles. The molecule has 0 saturated carbocycles. The smallest absolute Gasteiger partial charge is 0.250 e. The first-order valence-corrected chi connectivity index (χ1v) is 7.17. The van der Waals surface area contributed by atoms with Gasteiger partial charge in [-0.3, -0.25) is 14.5 Å². The van der Waals surface area contributed by atoms with Gasteiger partial charge in [0.1, 0.15) is 12.1 Å². The summed E-state index contributed by atoms with van der Waals surface area (Å²) in [5.41, 5.74) is 0.470. The Morgan fingerprint density at radius 3 is 2.50 bits per heavy atom. The fraction of sp³-hybridized carbons (Fsp3) is 0.429. The number of nitrogens with zero attached hydrogens (tertiary/aromatic N) is 1. The summed E-state index contributed by atoms with van der Waals surface area (Å²) in [6.45, 7) is 5.44. The van der Waals surface area contributed by atoms with E-state index in [1.165, 1.54) is 4.90 Å². The number of halogens is 2. The number of hydrogen-bond donors (Lipinski definition) is 1. The topological polar surface area (TPSA) is 49.4 Å². The van der Waals surface area contributed by atoms with Gasteiger partial charge < -0.3 is 5.32 Å². The van der Waals surface area contributed by atoms with E-state index >= 15 is 0 Å². The maximum atomic E-state index is 12.6. The molecule has 0 spiro atoms. The lowest BCUT2D eigenvalue weighted by Crippen LogP contribution is -2.64. The molecule has 0 radical (unpaired) electrons. The Morgan fingerprint density at radius 1 is 1.25 bits per heavy atom. The van der Waals surface area contributed by atoms with Crippen molar-refractivity contribution >= 4 is 40.7 Å². The molecule has 1 saturated heterocycles. The van der Waals surface area contributed by atoms with Gasteiger partial charge in [-0.15, -0.1) is 0 Å². The number of amides is 2. The van der Waals surface area contributed by atoms with Gasteiger partial charge in [0.2, 0.25) is 5.91 Å². The molecular formula is C14H16Cl2N2O2. The SMILES string of the molecule is CC(C)C1NC(=O)C(C)N(c2cc(Cl)ccc2Cl)C1=O. The molecule has 1 heterocycles. The fourth-order valence-corrected chi connectivity index (χ4v) is 2.62. The maximum Gasteiger partial charge on any atom is 0.250 e. The van der Waals surface area contributed by atoms with E-state index in [9.17, 15) is 9.59 Å². The minimum atomic E-state index is -0.617. The third-order valence-corrected chi connectivity index (χ3v) is 3.96. The summed E-state index contributed by atoms with van der Waals surface area (Å²) >= 11 is 12.1. The lowest BCUT2D eigenvalue weighted by Gasteiger charge is -2.39. The van der Waals surface area contributed by atoms with Crippen molar-refractivity contribution in [3.8, 4) is 0 Å². The first kappa shape index (κ1) is 15.1. The van der Waals surface area contributed by atoms with E-state index in [1.54, 1.807) is 25.1 Å². The molecule has 6 heteroatoms. The van der Waals surface area contributed by atoms with Crippen LogP contribution in [-0.4, -0.2) is 23.9 Å². The summed E-state index contributed by atoms with van der Waals surface area (Å²) < 4.78 is 0. The molecule has 108 valence electrons. The first-order chi connectivity index (χ1) is 9.32. The van der Waals surface area contributed by atoms with Gasteiger partial charge in [0.25, 0.3) is 5.91 Å². The van der Waals surface area contributed by atoms with E-state index < -0.39 is 12.1 Å². The van der Waals surface area contributed by atoms with Crippen LogP contribution < -0.4 is 10.2 Å². The molecule has 0 bridgehead atoms. The molecule has 1 fully saturated rings. The van der Waals surface area contributed by atoms with Crippen molar-refractivity contribution in [2.24, 2.45) is 5.92 Å². The van der Waals surface area contributed by atoms with Crippen molar-refractivity contribution in [1.82, 2.24) is 5.32 Å². The number of piperazine rings is 1. The van der Waals surface area contributed by atoms with E-state index in [0.717, 1.165) is 0 Å². The monoisotopic (exact) mass is 314 g/mol. The Labute approximate surface area is 128 Å². The van der Waals surface area contributed by atoms with E-state index in [-0.39, 0.29) is 17.7 Å². The highest BCUT2D eigenvalue weighted by molar-refractivity contribution is 6.36. The summed E-state index contributed by atoms with van der Waals surface area (Å²) in [6.07, 6.45) is 0. The molecular weight excluding hydrogens is 299 g/mol. The summed E-state index contributed by atoms with van der Waals surface area (Å²) in [6, 6.07) is 3.71. The van der Waals surface area contributed by atoms with Gasteiger partial charge in [-0.1, -0.05) is 37.0 Å². The lowest BCUT2D eigenvalue weighted by molar-refractivity contribution is -0.134. The quantitative estimate of drug-likeness (QED) is 0.912. The second-order valence-corrected chi connectivity index (χ2v) is 6.05. The zero-order valence-corrected chi connectivity index (χ0v) is 13.0. The van der Waals surface area contributed by atoms with Crippen LogP contribution in [0.5, 0.6) is 0 Å². The van der Waals surface area contributed by atoms with Crippen molar-refractivity contribution < 1.29 is 9.59 Å². The molecule has 0 aliphatic carbocycles. The highest BCUT2D eigenvalue weighted by atomic mass is 35.5. The molecule has 0 aromatic heterocycles. The number of hydrogen-bond acceptors (Lipinski definition) is 2. The number of anilines is 1. The van der Waals surface area contributed by atoms with E-state index in [0.29, 0.717) is 15.7 Å². The van der Waals surface area contributed by atoms with Gasteiger partial charge >= 0.3 is 0 Å². The zero-order valence-electron chi connectivity index (χ0n) is 11.5. The third kappa shape index (κ3) is 2.63. The van der Waals surface area contributed by atoms with Crippen LogP contribution in [0.25, 0.3) is 0 Å². The van der Waals surface area contributed by atoms with Crippen LogP contribution in [0.2, 0.25) is 10.0 Å². The predicted molar refractivity (Wildman–Crippen MR) is 80.2 cm³/mol. The minimum Gasteiger partial charge on any atom is -0.342 e. The van der Waals surface area contributed by atoms with E-state index in [2.05, 4.69) is 5.32 Å². The third-order valence-electron chi connectivity index (χ3n) is 3.40. The number of rotatable bonds is 2. The summed E-state index contributed by atoms with van der Waals surface area (Å²) in [5, 5.41) is 3.61. The van der Waals surface area contributed by atoms with Crippen molar-refractivity contribution in [2.45, 2.75) is 32.9 Å². The standard InChI is InChI=1S/C14H16Cl2N2O2/c1-7(2)12-14(20)18(8(3)13(19)17-12)11-6-9(15)4-5-10(11)16/h4-8,12H,1-3H3,(H,17,19). The Kier molecular flexibility index (Phi) is 4.25. The average Bonchev–Trinajstić information content (AvgIpc) is 2.37. The Morgan fingerprint density at radius 2 is 1.90 bits per heavy atom. The van der Waals surface area contributed by atoms with Gasteiger partial charge in [-0.05, 0) is 31.0 Å². The number of carbonyl (C=O) groups is 2. The summed E-state index contributed by atoms with van der Waals surface area (Å²) in [5.74, 6) is -0.366. The molecule has 2 rings (SSSR count). The Balaban J connectivity index is 2.48. The molecule has 2 unspecified atom stereocenters. The number of carbonyl (C=O) groups excluding carboxylic acids is 2. The molecule has 1 aromatic rings. The summed E-state index contributed by atoms with van der Waals surface area (Å²) in [7, 11) is 0. The van der Waals surface area contributed by atoms with Crippen LogP contribution in [0.3, 0.4) is 0 Å². The van der Waals surface area contributed by atoms with E-state index in [1.807, 2.05) is 13.8 Å². The minimum absolute atomic E-state index is 0.000547. The zero-order chi connectivity index (χ0) is 15.0. The molecule has 20 heavy (non-hydrogen) atoms. The van der Waals surface area contributed by atoms with Crippen LogP contribution in [0.15, 0.2) is 18.2 Å². The van der Waals surface area contributed by atoms with Crippen molar-refractivity contribution in [1.29, 1.82) is 0 Å². The van der Waals surface area contributed by atoms with Crippen molar-refractivity contribution in [2.75, 3.05) is 4.90 Å². The van der Waals surface area contributed by atoms with Crippen LogP contribution in [0, 0.1) is 5.92 Å². The molecule has 1 aliphatic rings. The number of benzene rings is 1. The summed E-state index contributed by atoms with van der Waals surface area (Å²) in [4.78, 5) is 26.1. The normalized spacial score (nSPS) is 23.2. The number of nitrogens with one attached hydrogen (secondary N) is 1. The highest BCUT2D eigenvalue weighted by Crippen LogP contribution is 2.32. The van der Waals surface area contributed by atoms with Crippen LogP contribution in [0.1, 0.15) is 20.8 Å². The molecule has 1 aliphatic heterocycles. The van der Waals surface area contributed by atoms with Crippen LogP contribution >= 0.6 is 23.2 Å². The first-order valence-electron chi connectivity index (χ1n) is 6.41. The Bertz CT molecular complexity index is 560. The molecule has 2 atom stereocenters. The van der Waals surface area contributed by atoms with Crippen molar-refractivity contribution in [3.63, 3.8) is 0 Å². The fourth-order valence-electron chi connectivity index (χ4n) is 2.24. The highest BCUT2D eigenvalue weighted by Gasteiger charge is 2.40. The van der Waals surface area contributed by atoms with Gasteiger partial charge in [0.05, 0.1) is 10.7 Å². The maximum absolute atomic E-state index is 12.6. The molecule has 1 N–H and O–H groups in total. The van der Waals surface area contributed by atoms with Gasteiger partial charge in [-0.25, -0.2) is 0 Å². The average molecular weight is 315 g/mol. The van der Waals surface area contributed by atoms with Gasteiger partial charge in [0, 0.05) is 5.02 Å². The molecule has 2 amide bonds. The largest absolute Gasteiger partial charge is 0.342 e. The van der Waals surface area contributed by atoms with Gasteiger partial charge in [0.15, 0.2) is 0 Å². The second-order valence-electron chi connectivity index (χ2n) is 5.21. The van der Waals surface area contributed by atoms with Crippen molar-refractivity contribution in [3.05, 3.63) is 28.2 Å². The van der Waals surface area contributed by atoms with Crippen LogP contribution in [-0.2, 0) is 9.59 Å². The van der Waals surface area contributed by atoms with E-state index in [4.69, 9.17) is 23.2 Å². The predicted octanol–water partition coefficient (Wildman–Crippen LogP) is 2.87. The Hall–Kier alpha value is -1.26. The van der Waals surface area contributed by atoms with Gasteiger partial charge in [-0.2, -0.15) is 0 Å². The lowest BCUT2D eigenvalue weighted by atomic mass is 9.98. The molecule has 4 nitrogen and oxygen atoms in total. The van der Waals surface area contributed by atoms with Crippen LogP contribution in [0.4, 0.5) is 5.69 Å². The second kappa shape index (κ2) is 5.62.